The number of rotatable bonds is 2. The SMILES string of the molecule is CN1CCC[C@@H](Nc2nc3nc(Cl)ccc3o2)C1. The number of likely N-dealkylation sites (tertiary alicyclic amines) is 1. The highest BCUT2D eigenvalue weighted by Crippen LogP contribution is 2.21. The van der Waals surface area contributed by atoms with Gasteiger partial charge in [0.25, 0.3) is 6.01 Å². The highest BCUT2D eigenvalue weighted by atomic mass is 35.5. The van der Waals surface area contributed by atoms with E-state index in [2.05, 4.69) is 27.2 Å². The van der Waals surface area contributed by atoms with E-state index in [0.29, 0.717) is 28.4 Å². The summed E-state index contributed by atoms with van der Waals surface area (Å²) in [5.41, 5.74) is 1.21. The Morgan fingerprint density at radius 1 is 1.44 bits per heavy atom. The van der Waals surface area contributed by atoms with Crippen LogP contribution in [0.5, 0.6) is 0 Å². The number of nitrogens with zero attached hydrogens (tertiary/aromatic N) is 3. The van der Waals surface area contributed by atoms with Crippen LogP contribution in [-0.4, -0.2) is 41.0 Å². The van der Waals surface area contributed by atoms with Crippen LogP contribution in [0, 0.1) is 0 Å². The number of fused-ring (bicyclic) bond motifs is 1. The average molecular weight is 267 g/mol. The van der Waals surface area contributed by atoms with Gasteiger partial charge in [-0.05, 0) is 38.6 Å². The molecule has 0 bridgehead atoms. The van der Waals surface area contributed by atoms with Gasteiger partial charge in [0.1, 0.15) is 5.15 Å². The minimum atomic E-state index is 0.382. The highest BCUT2D eigenvalue weighted by molar-refractivity contribution is 6.29. The standard InChI is InChI=1S/C12H15ClN4O/c1-17-6-2-3-8(7-17)14-12-16-11-9(18-12)4-5-10(13)15-11/h4-5,8H,2-3,6-7H2,1H3,(H,14,15,16)/t8-/m1/s1. The number of likely N-dealkylation sites (N-methyl/N-ethyl adjacent to an activating group) is 1. The Morgan fingerprint density at radius 2 is 2.33 bits per heavy atom. The van der Waals surface area contributed by atoms with E-state index < -0.39 is 0 Å². The molecule has 0 saturated carbocycles. The number of aromatic nitrogens is 2. The van der Waals surface area contributed by atoms with E-state index in [1.54, 1.807) is 12.1 Å². The maximum atomic E-state index is 5.82. The van der Waals surface area contributed by atoms with Gasteiger partial charge in [-0.15, -0.1) is 0 Å². The van der Waals surface area contributed by atoms with Gasteiger partial charge in [-0.3, -0.25) is 0 Å². The fourth-order valence-corrected chi connectivity index (χ4v) is 2.46. The summed E-state index contributed by atoms with van der Waals surface area (Å²) < 4.78 is 5.60. The van der Waals surface area contributed by atoms with E-state index >= 15 is 0 Å². The molecule has 6 heteroatoms. The van der Waals surface area contributed by atoms with Crippen molar-refractivity contribution < 1.29 is 4.42 Å². The molecule has 1 atom stereocenters. The highest BCUT2D eigenvalue weighted by Gasteiger charge is 2.19. The van der Waals surface area contributed by atoms with Gasteiger partial charge < -0.3 is 14.6 Å². The van der Waals surface area contributed by atoms with E-state index in [0.717, 1.165) is 19.5 Å². The summed E-state index contributed by atoms with van der Waals surface area (Å²) in [7, 11) is 2.13. The lowest BCUT2D eigenvalue weighted by molar-refractivity contribution is 0.259. The van der Waals surface area contributed by atoms with Gasteiger partial charge >= 0.3 is 0 Å². The summed E-state index contributed by atoms with van der Waals surface area (Å²) in [5.74, 6) is 0. The second kappa shape index (κ2) is 4.74. The van der Waals surface area contributed by atoms with Crippen LogP contribution < -0.4 is 5.32 Å². The van der Waals surface area contributed by atoms with Crippen LogP contribution in [0.3, 0.4) is 0 Å². The van der Waals surface area contributed by atoms with Crippen molar-refractivity contribution in [1.82, 2.24) is 14.9 Å². The van der Waals surface area contributed by atoms with Crippen molar-refractivity contribution in [2.75, 3.05) is 25.5 Å². The van der Waals surface area contributed by atoms with E-state index in [-0.39, 0.29) is 0 Å². The van der Waals surface area contributed by atoms with Gasteiger partial charge in [0.05, 0.1) is 0 Å². The minimum absolute atomic E-state index is 0.382. The number of anilines is 1. The third-order valence-electron chi connectivity index (χ3n) is 3.17. The van der Waals surface area contributed by atoms with Gasteiger partial charge in [0.2, 0.25) is 5.65 Å². The maximum absolute atomic E-state index is 5.82. The first-order chi connectivity index (χ1) is 8.70. The second-order valence-corrected chi connectivity index (χ2v) is 5.11. The number of piperidine rings is 1. The molecule has 0 aromatic carbocycles. The molecule has 0 unspecified atom stereocenters. The topological polar surface area (TPSA) is 54.2 Å². The van der Waals surface area contributed by atoms with Crippen molar-refractivity contribution in [3.8, 4) is 0 Å². The summed E-state index contributed by atoms with van der Waals surface area (Å²) in [6.45, 7) is 2.16. The van der Waals surface area contributed by atoms with Crippen LogP contribution in [0.15, 0.2) is 16.5 Å². The number of hydrogen-bond acceptors (Lipinski definition) is 5. The molecule has 0 amide bonds. The second-order valence-electron chi connectivity index (χ2n) is 4.72. The molecule has 2 aromatic heterocycles. The molecule has 1 aliphatic heterocycles. The quantitative estimate of drug-likeness (QED) is 0.846. The number of nitrogens with one attached hydrogen (secondary N) is 1. The average Bonchev–Trinajstić information content (AvgIpc) is 2.70. The summed E-state index contributed by atoms with van der Waals surface area (Å²) in [6.07, 6.45) is 2.33. The summed E-state index contributed by atoms with van der Waals surface area (Å²) in [4.78, 5) is 10.7. The minimum Gasteiger partial charge on any atom is -0.422 e. The first kappa shape index (κ1) is 11.7. The lowest BCUT2D eigenvalue weighted by Crippen LogP contribution is -2.39. The van der Waals surface area contributed by atoms with Gasteiger partial charge in [0, 0.05) is 12.6 Å². The van der Waals surface area contributed by atoms with Crippen LogP contribution in [0.25, 0.3) is 11.2 Å². The van der Waals surface area contributed by atoms with E-state index in [1.165, 1.54) is 6.42 Å². The van der Waals surface area contributed by atoms with Crippen molar-refractivity contribution in [3.05, 3.63) is 17.3 Å². The molecule has 1 saturated heterocycles. The number of halogens is 1. The van der Waals surface area contributed by atoms with Gasteiger partial charge in [-0.25, -0.2) is 4.98 Å². The zero-order valence-corrected chi connectivity index (χ0v) is 10.9. The molecule has 18 heavy (non-hydrogen) atoms. The normalized spacial score (nSPS) is 21.3. The molecular weight excluding hydrogens is 252 g/mol. The zero-order valence-electron chi connectivity index (χ0n) is 10.2. The Bertz CT molecular complexity index is 556. The molecular formula is C12H15ClN4O. The first-order valence-corrected chi connectivity index (χ1v) is 6.47. The zero-order chi connectivity index (χ0) is 12.5. The van der Waals surface area contributed by atoms with Crippen LogP contribution in [0.4, 0.5) is 6.01 Å². The van der Waals surface area contributed by atoms with Crippen LogP contribution >= 0.6 is 11.6 Å². The Kier molecular flexibility index (Phi) is 3.09. The van der Waals surface area contributed by atoms with Gasteiger partial charge in [-0.1, -0.05) is 11.6 Å². The molecule has 5 nitrogen and oxygen atoms in total. The van der Waals surface area contributed by atoms with Crippen molar-refractivity contribution in [2.24, 2.45) is 0 Å². The molecule has 96 valence electrons. The predicted molar refractivity (Wildman–Crippen MR) is 71.0 cm³/mol. The van der Waals surface area contributed by atoms with E-state index in [4.69, 9.17) is 16.0 Å². The molecule has 0 aliphatic carbocycles. The third kappa shape index (κ3) is 2.42. The molecule has 0 spiro atoms. The fourth-order valence-electron chi connectivity index (χ4n) is 2.32. The number of hydrogen-bond donors (Lipinski definition) is 1. The molecule has 3 rings (SSSR count). The molecule has 3 heterocycles. The van der Waals surface area contributed by atoms with E-state index in [1.807, 2.05) is 0 Å². The van der Waals surface area contributed by atoms with Gasteiger partial charge in [0.15, 0.2) is 5.58 Å². The fraction of sp³-hybridized carbons (Fsp3) is 0.500. The summed E-state index contributed by atoms with van der Waals surface area (Å²) in [6, 6.07) is 4.40. The Balaban J connectivity index is 1.78. The monoisotopic (exact) mass is 266 g/mol. The summed E-state index contributed by atoms with van der Waals surface area (Å²) >= 11 is 5.82. The van der Waals surface area contributed by atoms with Crippen molar-refractivity contribution in [1.29, 1.82) is 0 Å². The van der Waals surface area contributed by atoms with Gasteiger partial charge in [-0.2, -0.15) is 4.98 Å². The summed E-state index contributed by atoms with van der Waals surface area (Å²) in [5, 5.41) is 3.75. The van der Waals surface area contributed by atoms with Crippen molar-refractivity contribution in [2.45, 2.75) is 18.9 Å². The molecule has 0 radical (unpaired) electrons. The Morgan fingerprint density at radius 3 is 3.17 bits per heavy atom. The smallest absolute Gasteiger partial charge is 0.297 e. The lowest BCUT2D eigenvalue weighted by Gasteiger charge is -2.29. The lowest BCUT2D eigenvalue weighted by atomic mass is 10.1. The largest absolute Gasteiger partial charge is 0.422 e. The van der Waals surface area contributed by atoms with Crippen LogP contribution in [0.1, 0.15) is 12.8 Å². The Labute approximate surface area is 110 Å². The van der Waals surface area contributed by atoms with Crippen molar-refractivity contribution >= 4 is 28.8 Å². The first-order valence-electron chi connectivity index (χ1n) is 6.09. The van der Waals surface area contributed by atoms with E-state index in [9.17, 15) is 0 Å². The molecule has 1 fully saturated rings. The molecule has 1 aliphatic rings. The Hall–Kier alpha value is -1.33. The maximum Gasteiger partial charge on any atom is 0.297 e. The predicted octanol–water partition coefficient (Wildman–Crippen LogP) is 2.38. The third-order valence-corrected chi connectivity index (χ3v) is 3.38. The molecule has 1 N–H and O–H groups in total. The van der Waals surface area contributed by atoms with Crippen molar-refractivity contribution in [3.63, 3.8) is 0 Å². The number of pyridine rings is 1. The number of oxazole rings is 1. The van der Waals surface area contributed by atoms with Crippen LogP contribution in [-0.2, 0) is 0 Å². The van der Waals surface area contributed by atoms with Crippen LogP contribution in [0.2, 0.25) is 5.15 Å². The molecule has 2 aromatic rings.